The van der Waals surface area contributed by atoms with Gasteiger partial charge in [0.15, 0.2) is 0 Å². The summed E-state index contributed by atoms with van der Waals surface area (Å²) in [7, 11) is -1.40. The molecule has 4 nitrogen and oxygen atoms in total. The molecule has 1 atom stereocenters. The van der Waals surface area contributed by atoms with Gasteiger partial charge in [0.1, 0.15) is 0 Å². The maximum absolute atomic E-state index is 12.2. The molecule has 19 heavy (non-hydrogen) atoms. The van der Waals surface area contributed by atoms with Crippen molar-refractivity contribution in [3.05, 3.63) is 28.2 Å². The van der Waals surface area contributed by atoms with Crippen molar-refractivity contribution < 1.29 is 18.8 Å². The van der Waals surface area contributed by atoms with Crippen LogP contribution in [0.3, 0.4) is 0 Å². The van der Waals surface area contributed by atoms with E-state index in [1.165, 1.54) is 6.07 Å². The molecule has 0 aliphatic rings. The van der Waals surface area contributed by atoms with Crippen molar-refractivity contribution in [2.45, 2.75) is 31.3 Å². The van der Waals surface area contributed by atoms with E-state index in [1.54, 1.807) is 12.1 Å². The fourth-order valence-corrected chi connectivity index (χ4v) is 3.02. The lowest BCUT2D eigenvalue weighted by molar-refractivity contribution is 0.00667. The molecule has 0 aromatic heterocycles. The molecule has 1 unspecified atom stereocenters. The molecule has 6 heteroatoms. The lowest BCUT2D eigenvalue weighted by Crippen LogP contribution is -2.22. The van der Waals surface area contributed by atoms with Gasteiger partial charge in [-0.15, -0.1) is 0 Å². The van der Waals surface area contributed by atoms with Gasteiger partial charge < -0.3 is 9.84 Å². The van der Waals surface area contributed by atoms with E-state index < -0.39 is 16.8 Å². The second-order valence-corrected chi connectivity index (χ2v) is 7.41. The van der Waals surface area contributed by atoms with Crippen molar-refractivity contribution >= 4 is 32.7 Å². The van der Waals surface area contributed by atoms with Crippen molar-refractivity contribution in [1.29, 1.82) is 0 Å². The molecule has 1 N–H and O–H groups in total. The third-order valence-electron chi connectivity index (χ3n) is 2.22. The number of carboxylic acids is 1. The Hall–Kier alpha value is -0.720. The van der Waals surface area contributed by atoms with E-state index in [9.17, 15) is 9.00 Å². The summed E-state index contributed by atoms with van der Waals surface area (Å²) < 4.78 is 18.4. The number of benzene rings is 1. The predicted molar refractivity (Wildman–Crippen MR) is 78.1 cm³/mol. The van der Waals surface area contributed by atoms with Gasteiger partial charge in [0.25, 0.3) is 0 Å². The zero-order valence-corrected chi connectivity index (χ0v) is 13.5. The van der Waals surface area contributed by atoms with Crippen molar-refractivity contribution in [3.8, 4) is 0 Å². The fraction of sp³-hybridized carbons (Fsp3) is 0.462. The zero-order valence-electron chi connectivity index (χ0n) is 11.1. The second kappa shape index (κ2) is 6.63. The normalized spacial score (nSPS) is 13.3. The van der Waals surface area contributed by atoms with Crippen molar-refractivity contribution in [1.82, 2.24) is 0 Å². The second-order valence-electron chi connectivity index (χ2n) is 4.96. The average Bonchev–Trinajstić information content (AvgIpc) is 2.26. The van der Waals surface area contributed by atoms with Crippen LogP contribution in [-0.2, 0) is 15.5 Å². The maximum atomic E-state index is 12.2. The standard InChI is InChI=1S/C13H17BrO4S/c1-13(2,3)18-6-7-19(17)11-8-9(14)4-5-10(11)12(15)16/h4-5,8H,6-7H2,1-3H3,(H,15,16). The first-order valence-electron chi connectivity index (χ1n) is 5.76. The quantitative estimate of drug-likeness (QED) is 0.887. The van der Waals surface area contributed by atoms with E-state index in [-0.39, 0.29) is 16.9 Å². The Balaban J connectivity index is 2.81. The molecule has 0 aliphatic heterocycles. The summed E-state index contributed by atoms with van der Waals surface area (Å²) in [5, 5.41) is 9.08. The molecule has 0 radical (unpaired) electrons. The molecule has 1 aromatic rings. The van der Waals surface area contributed by atoms with Crippen LogP contribution in [0.4, 0.5) is 0 Å². The van der Waals surface area contributed by atoms with Gasteiger partial charge in [0, 0.05) is 4.47 Å². The Morgan fingerprint density at radius 2 is 2.05 bits per heavy atom. The SMILES string of the molecule is CC(C)(C)OCCS(=O)c1cc(Br)ccc1C(=O)O. The average molecular weight is 349 g/mol. The molecule has 106 valence electrons. The number of halogens is 1. The van der Waals surface area contributed by atoms with Crippen LogP contribution in [0.2, 0.25) is 0 Å². The van der Waals surface area contributed by atoms with Crippen molar-refractivity contribution in [3.63, 3.8) is 0 Å². The maximum Gasteiger partial charge on any atom is 0.336 e. The Labute approximate surface area is 123 Å². The van der Waals surface area contributed by atoms with Crippen LogP contribution in [0.25, 0.3) is 0 Å². The highest BCUT2D eigenvalue weighted by molar-refractivity contribution is 9.10. The minimum atomic E-state index is -1.40. The van der Waals surface area contributed by atoms with Gasteiger partial charge in [-0.05, 0) is 39.0 Å². The highest BCUT2D eigenvalue weighted by Gasteiger charge is 2.17. The first kappa shape index (κ1) is 16.3. The first-order valence-corrected chi connectivity index (χ1v) is 7.87. The van der Waals surface area contributed by atoms with E-state index in [0.29, 0.717) is 16.0 Å². The molecule has 0 aliphatic carbocycles. The number of aromatic carboxylic acids is 1. The highest BCUT2D eigenvalue weighted by atomic mass is 79.9. The van der Waals surface area contributed by atoms with E-state index in [4.69, 9.17) is 9.84 Å². The number of hydrogen-bond donors (Lipinski definition) is 1. The summed E-state index contributed by atoms with van der Waals surface area (Å²) in [6.45, 7) is 6.06. The minimum Gasteiger partial charge on any atom is -0.478 e. The Kier molecular flexibility index (Phi) is 5.70. The van der Waals surface area contributed by atoms with Gasteiger partial charge in [-0.2, -0.15) is 0 Å². The monoisotopic (exact) mass is 348 g/mol. The smallest absolute Gasteiger partial charge is 0.336 e. The third kappa shape index (κ3) is 5.42. The van der Waals surface area contributed by atoms with Gasteiger partial charge in [-0.25, -0.2) is 4.79 Å². The summed E-state index contributed by atoms with van der Waals surface area (Å²) in [6, 6.07) is 4.65. The highest BCUT2D eigenvalue weighted by Crippen LogP contribution is 2.20. The van der Waals surface area contributed by atoms with Gasteiger partial charge in [0.05, 0.1) is 39.2 Å². The third-order valence-corrected chi connectivity index (χ3v) is 4.08. The Morgan fingerprint density at radius 1 is 1.42 bits per heavy atom. The molecule has 0 saturated heterocycles. The fourth-order valence-electron chi connectivity index (χ4n) is 1.39. The van der Waals surface area contributed by atoms with Crippen molar-refractivity contribution in [2.75, 3.05) is 12.4 Å². The van der Waals surface area contributed by atoms with Gasteiger partial charge in [-0.1, -0.05) is 15.9 Å². The number of hydrogen-bond acceptors (Lipinski definition) is 3. The molecule has 0 amide bonds. The molecule has 0 saturated carbocycles. The Morgan fingerprint density at radius 3 is 2.58 bits per heavy atom. The lowest BCUT2D eigenvalue weighted by atomic mass is 10.2. The number of carboxylic acid groups (broad SMARTS) is 1. The molecule has 0 spiro atoms. The minimum absolute atomic E-state index is 0.0669. The molecule has 1 aromatic carbocycles. The van der Waals surface area contributed by atoms with Crippen LogP contribution in [0.1, 0.15) is 31.1 Å². The van der Waals surface area contributed by atoms with Gasteiger partial charge in [-0.3, -0.25) is 4.21 Å². The lowest BCUT2D eigenvalue weighted by Gasteiger charge is -2.19. The summed E-state index contributed by atoms with van der Waals surface area (Å²) in [5.74, 6) is -0.804. The summed E-state index contributed by atoms with van der Waals surface area (Å²) in [4.78, 5) is 11.4. The molecule has 0 heterocycles. The number of carbonyl (C=O) groups is 1. The van der Waals surface area contributed by atoms with E-state index in [0.717, 1.165) is 0 Å². The van der Waals surface area contributed by atoms with Gasteiger partial charge in [0.2, 0.25) is 0 Å². The number of rotatable bonds is 5. The first-order chi connectivity index (χ1) is 8.70. The van der Waals surface area contributed by atoms with Crippen LogP contribution < -0.4 is 0 Å². The van der Waals surface area contributed by atoms with Crippen LogP contribution in [0.15, 0.2) is 27.6 Å². The van der Waals surface area contributed by atoms with E-state index >= 15 is 0 Å². The van der Waals surface area contributed by atoms with Gasteiger partial charge >= 0.3 is 5.97 Å². The Bertz CT molecular complexity index is 494. The van der Waals surface area contributed by atoms with Crippen LogP contribution in [0.5, 0.6) is 0 Å². The summed E-state index contributed by atoms with van der Waals surface area (Å²) >= 11 is 3.26. The van der Waals surface area contributed by atoms with Crippen LogP contribution in [0, 0.1) is 0 Å². The van der Waals surface area contributed by atoms with E-state index in [2.05, 4.69) is 15.9 Å². The zero-order chi connectivity index (χ0) is 14.6. The van der Waals surface area contributed by atoms with Crippen molar-refractivity contribution in [2.24, 2.45) is 0 Å². The van der Waals surface area contributed by atoms with Crippen LogP contribution in [-0.4, -0.2) is 33.2 Å². The molecular formula is C13H17BrO4S. The largest absolute Gasteiger partial charge is 0.478 e. The molecule has 1 rings (SSSR count). The number of ether oxygens (including phenoxy) is 1. The summed E-state index contributed by atoms with van der Waals surface area (Å²) in [5.41, 5.74) is -0.228. The molecular weight excluding hydrogens is 332 g/mol. The summed E-state index contributed by atoms with van der Waals surface area (Å²) in [6.07, 6.45) is 0. The topological polar surface area (TPSA) is 63.6 Å². The molecule has 0 bridgehead atoms. The predicted octanol–water partition coefficient (Wildman–Crippen LogP) is 3.07. The van der Waals surface area contributed by atoms with E-state index in [1.807, 2.05) is 20.8 Å². The van der Waals surface area contributed by atoms with Crippen LogP contribution >= 0.6 is 15.9 Å². The molecule has 0 fully saturated rings.